The Kier molecular flexibility index (Phi) is 7.43. The van der Waals surface area contributed by atoms with Gasteiger partial charge in [-0.05, 0) is 18.9 Å². The summed E-state index contributed by atoms with van der Waals surface area (Å²) < 4.78 is 11.4. The van der Waals surface area contributed by atoms with Gasteiger partial charge < -0.3 is 14.8 Å². The zero-order valence-electron chi connectivity index (χ0n) is 15.7. The molecule has 1 aromatic carbocycles. The molecule has 0 aliphatic carbocycles. The van der Waals surface area contributed by atoms with E-state index in [1.165, 1.54) is 0 Å². The van der Waals surface area contributed by atoms with Gasteiger partial charge in [-0.2, -0.15) is 0 Å². The fourth-order valence-corrected chi connectivity index (χ4v) is 3.57. The Balaban J connectivity index is 1.31. The largest absolute Gasteiger partial charge is 0.379 e. The molecule has 2 heterocycles. The van der Waals surface area contributed by atoms with Crippen molar-refractivity contribution in [1.29, 1.82) is 0 Å². The molecule has 0 spiro atoms. The first-order valence-electron chi connectivity index (χ1n) is 9.69. The number of morpholine rings is 1. The topological polar surface area (TPSA) is 54.0 Å². The lowest BCUT2D eigenvalue weighted by molar-refractivity contribution is -0.122. The normalized spacial score (nSPS) is 23.0. The number of hydrogen-bond acceptors (Lipinski definition) is 5. The Morgan fingerprint density at radius 3 is 2.77 bits per heavy atom. The summed E-state index contributed by atoms with van der Waals surface area (Å²) in [6.45, 7) is 9.62. The lowest BCUT2D eigenvalue weighted by Crippen LogP contribution is -2.39. The van der Waals surface area contributed by atoms with Crippen molar-refractivity contribution in [2.24, 2.45) is 0 Å². The van der Waals surface area contributed by atoms with Crippen molar-refractivity contribution in [2.45, 2.75) is 25.5 Å². The van der Waals surface area contributed by atoms with Crippen LogP contribution in [0.15, 0.2) is 30.3 Å². The van der Waals surface area contributed by atoms with Crippen molar-refractivity contribution in [1.82, 2.24) is 15.1 Å². The molecule has 1 N–H and O–H groups in total. The molecule has 1 amide bonds. The van der Waals surface area contributed by atoms with Gasteiger partial charge in [0, 0.05) is 32.7 Å². The summed E-state index contributed by atoms with van der Waals surface area (Å²) in [5, 5.41) is 3.08. The third-order valence-corrected chi connectivity index (χ3v) is 5.14. The van der Waals surface area contributed by atoms with Crippen LogP contribution in [0.4, 0.5) is 0 Å². The molecule has 2 saturated heterocycles. The zero-order valence-corrected chi connectivity index (χ0v) is 15.7. The number of benzene rings is 1. The fraction of sp³-hybridized carbons (Fsp3) is 0.650. The minimum absolute atomic E-state index is 0.0341. The molecule has 2 atom stereocenters. The number of nitrogens with one attached hydrogen (secondary N) is 1. The first-order valence-corrected chi connectivity index (χ1v) is 9.69. The van der Waals surface area contributed by atoms with Gasteiger partial charge >= 0.3 is 0 Å². The number of nitrogens with zero attached hydrogens (tertiary/aromatic N) is 2. The number of carbonyl (C=O) groups excluding carboxylic acids is 1. The van der Waals surface area contributed by atoms with Crippen LogP contribution < -0.4 is 5.32 Å². The molecule has 2 aliphatic heterocycles. The highest BCUT2D eigenvalue weighted by atomic mass is 16.5. The van der Waals surface area contributed by atoms with Crippen molar-refractivity contribution < 1.29 is 14.3 Å². The molecule has 6 nitrogen and oxygen atoms in total. The van der Waals surface area contributed by atoms with E-state index in [9.17, 15) is 4.79 Å². The molecule has 2 aliphatic rings. The summed E-state index contributed by atoms with van der Waals surface area (Å²) >= 11 is 0. The molecule has 0 bridgehead atoms. The molecule has 0 radical (unpaired) electrons. The molecule has 1 aromatic rings. The minimum atomic E-state index is 0.0341. The number of carbonyl (C=O) groups is 1. The molecular formula is C20H31N3O3. The highest BCUT2D eigenvalue weighted by Crippen LogP contribution is 2.14. The number of ether oxygens (including phenoxy) is 2. The lowest BCUT2D eigenvalue weighted by Gasteiger charge is -2.26. The predicted octanol–water partition coefficient (Wildman–Crippen LogP) is 1.29. The van der Waals surface area contributed by atoms with E-state index in [-0.39, 0.29) is 18.1 Å². The monoisotopic (exact) mass is 361 g/mol. The van der Waals surface area contributed by atoms with Crippen molar-refractivity contribution in [3.8, 4) is 0 Å². The van der Waals surface area contributed by atoms with Gasteiger partial charge in [0.15, 0.2) is 0 Å². The molecule has 26 heavy (non-hydrogen) atoms. The first kappa shape index (κ1) is 19.3. The zero-order chi connectivity index (χ0) is 18.2. The van der Waals surface area contributed by atoms with E-state index >= 15 is 0 Å². The second-order valence-corrected chi connectivity index (χ2v) is 7.17. The molecule has 2 fully saturated rings. The van der Waals surface area contributed by atoms with E-state index in [4.69, 9.17) is 9.47 Å². The van der Waals surface area contributed by atoms with Crippen molar-refractivity contribution in [3.05, 3.63) is 35.9 Å². The second-order valence-electron chi connectivity index (χ2n) is 7.17. The summed E-state index contributed by atoms with van der Waals surface area (Å²) in [6.07, 6.45) is 1.25. The van der Waals surface area contributed by atoms with E-state index in [2.05, 4.69) is 15.1 Å². The molecule has 6 heteroatoms. The van der Waals surface area contributed by atoms with E-state index in [1.54, 1.807) is 0 Å². The van der Waals surface area contributed by atoms with Crippen LogP contribution in [0.25, 0.3) is 0 Å². The van der Waals surface area contributed by atoms with Crippen LogP contribution in [0.1, 0.15) is 24.9 Å². The van der Waals surface area contributed by atoms with Crippen LogP contribution >= 0.6 is 0 Å². The van der Waals surface area contributed by atoms with Gasteiger partial charge in [0.05, 0.1) is 38.5 Å². The predicted molar refractivity (Wildman–Crippen MR) is 101 cm³/mol. The van der Waals surface area contributed by atoms with Gasteiger partial charge in [-0.15, -0.1) is 0 Å². The molecule has 0 saturated carbocycles. The van der Waals surface area contributed by atoms with E-state index in [1.807, 2.05) is 37.3 Å². The van der Waals surface area contributed by atoms with Gasteiger partial charge in [0.25, 0.3) is 0 Å². The molecule has 3 rings (SSSR count). The van der Waals surface area contributed by atoms with Crippen LogP contribution in [0, 0.1) is 0 Å². The van der Waals surface area contributed by atoms with Gasteiger partial charge in [0.1, 0.15) is 0 Å². The summed E-state index contributed by atoms with van der Waals surface area (Å²) in [4.78, 5) is 16.9. The number of hydrogen-bond donors (Lipinski definition) is 1. The average molecular weight is 361 g/mol. The SMILES string of the molecule is CC(NC(=O)CN1CCC(OCCN2CCOCC2)C1)c1ccccc1. The Bertz CT molecular complexity index is 548. The van der Waals surface area contributed by atoms with E-state index < -0.39 is 0 Å². The first-order chi connectivity index (χ1) is 12.7. The van der Waals surface area contributed by atoms with Crippen LogP contribution in [-0.4, -0.2) is 80.9 Å². The van der Waals surface area contributed by atoms with Crippen LogP contribution in [0.5, 0.6) is 0 Å². The molecule has 144 valence electrons. The summed E-state index contributed by atoms with van der Waals surface area (Å²) in [7, 11) is 0. The van der Waals surface area contributed by atoms with Gasteiger partial charge in [0.2, 0.25) is 5.91 Å². The van der Waals surface area contributed by atoms with Crippen LogP contribution in [0.2, 0.25) is 0 Å². The molecule has 0 aromatic heterocycles. The summed E-state index contributed by atoms with van der Waals surface area (Å²) in [5.74, 6) is 0.0790. The highest BCUT2D eigenvalue weighted by molar-refractivity contribution is 5.78. The Morgan fingerprint density at radius 1 is 1.23 bits per heavy atom. The molecule has 2 unspecified atom stereocenters. The lowest BCUT2D eigenvalue weighted by atomic mass is 10.1. The quantitative estimate of drug-likeness (QED) is 0.756. The maximum atomic E-state index is 12.3. The highest BCUT2D eigenvalue weighted by Gasteiger charge is 2.25. The van der Waals surface area contributed by atoms with E-state index in [0.717, 1.165) is 64.5 Å². The maximum absolute atomic E-state index is 12.3. The summed E-state index contributed by atoms with van der Waals surface area (Å²) in [6, 6.07) is 10.1. The second kappa shape index (κ2) is 10.0. The van der Waals surface area contributed by atoms with Gasteiger partial charge in [-0.3, -0.25) is 14.6 Å². The van der Waals surface area contributed by atoms with E-state index in [0.29, 0.717) is 6.54 Å². The standard InChI is InChI=1S/C20H31N3O3/c1-17(18-5-3-2-4-6-18)21-20(24)16-23-8-7-19(15-23)26-14-11-22-9-12-25-13-10-22/h2-6,17,19H,7-16H2,1H3,(H,21,24). The van der Waals surface area contributed by atoms with Crippen LogP contribution in [0.3, 0.4) is 0 Å². The number of likely N-dealkylation sites (tertiary alicyclic amines) is 1. The Labute approximate surface area is 156 Å². The van der Waals surface area contributed by atoms with Gasteiger partial charge in [-0.1, -0.05) is 30.3 Å². The Hall–Kier alpha value is -1.47. The Morgan fingerprint density at radius 2 is 2.00 bits per heavy atom. The van der Waals surface area contributed by atoms with Crippen LogP contribution in [-0.2, 0) is 14.3 Å². The fourth-order valence-electron chi connectivity index (χ4n) is 3.57. The third-order valence-electron chi connectivity index (χ3n) is 5.14. The number of amides is 1. The smallest absolute Gasteiger partial charge is 0.234 e. The van der Waals surface area contributed by atoms with Crippen molar-refractivity contribution >= 4 is 5.91 Å². The van der Waals surface area contributed by atoms with Crippen molar-refractivity contribution in [3.63, 3.8) is 0 Å². The van der Waals surface area contributed by atoms with Crippen molar-refractivity contribution in [2.75, 3.05) is 59.1 Å². The average Bonchev–Trinajstić information content (AvgIpc) is 3.10. The minimum Gasteiger partial charge on any atom is -0.379 e. The number of rotatable bonds is 8. The third kappa shape index (κ3) is 6.06. The summed E-state index contributed by atoms with van der Waals surface area (Å²) in [5.41, 5.74) is 1.13. The van der Waals surface area contributed by atoms with Gasteiger partial charge in [-0.25, -0.2) is 0 Å². The maximum Gasteiger partial charge on any atom is 0.234 e. The molecular weight excluding hydrogens is 330 g/mol.